The predicted molar refractivity (Wildman–Crippen MR) is 156 cm³/mol. The van der Waals surface area contributed by atoms with Gasteiger partial charge in [-0.2, -0.15) is 0 Å². The molecule has 206 valence electrons. The minimum absolute atomic E-state index is 0.184. The lowest BCUT2D eigenvalue weighted by Gasteiger charge is -2.33. The molecule has 0 aliphatic carbocycles. The average Bonchev–Trinajstić information content (AvgIpc) is 3.44. The summed E-state index contributed by atoms with van der Waals surface area (Å²) in [4.78, 5) is 19.1. The number of halogens is 1. The van der Waals surface area contributed by atoms with Crippen LogP contribution in [0.2, 0.25) is 0 Å². The van der Waals surface area contributed by atoms with Crippen molar-refractivity contribution in [2.24, 2.45) is 0 Å². The lowest BCUT2D eigenvalue weighted by Crippen LogP contribution is -2.39. The van der Waals surface area contributed by atoms with Gasteiger partial charge in [0.2, 0.25) is 0 Å². The van der Waals surface area contributed by atoms with Gasteiger partial charge in [-0.05, 0) is 90.4 Å². The zero-order valence-corrected chi connectivity index (χ0v) is 23.4. The molecule has 40 heavy (non-hydrogen) atoms. The highest BCUT2D eigenvalue weighted by molar-refractivity contribution is 5.79. The zero-order valence-electron chi connectivity index (χ0n) is 23.4. The molecule has 0 bridgehead atoms. The molecule has 2 aromatic heterocycles. The summed E-state index contributed by atoms with van der Waals surface area (Å²) >= 11 is 0. The number of H-pyrrole nitrogens is 1. The Morgan fingerprint density at radius 3 is 2.48 bits per heavy atom. The van der Waals surface area contributed by atoms with E-state index in [4.69, 9.17) is 0 Å². The molecule has 5 aromatic rings. The summed E-state index contributed by atoms with van der Waals surface area (Å²) in [6.45, 7) is 9.37. The SMILES string of the molecule is CCC(C)(C)n1nnnc1C(c1cc2ccc(C)cc2[nH]c1=O)N(CCc1ccccc1)Cc1ccc(F)cc1. The fourth-order valence-corrected chi connectivity index (χ4v) is 5.02. The fraction of sp³-hybridized carbons (Fsp3) is 0.312. The van der Waals surface area contributed by atoms with E-state index in [0.29, 0.717) is 24.5 Å². The normalized spacial score (nSPS) is 12.8. The summed E-state index contributed by atoms with van der Waals surface area (Å²) in [6.07, 6.45) is 1.55. The Hall–Kier alpha value is -4.17. The molecule has 0 spiro atoms. The van der Waals surface area contributed by atoms with Crippen molar-refractivity contribution in [1.82, 2.24) is 30.1 Å². The van der Waals surface area contributed by atoms with Crippen LogP contribution in [-0.4, -0.2) is 36.6 Å². The number of aromatic amines is 1. The van der Waals surface area contributed by atoms with E-state index in [1.54, 1.807) is 12.1 Å². The van der Waals surface area contributed by atoms with Gasteiger partial charge in [-0.1, -0.05) is 61.5 Å². The third-order valence-corrected chi connectivity index (χ3v) is 7.70. The molecule has 0 amide bonds. The summed E-state index contributed by atoms with van der Waals surface area (Å²) in [5.74, 6) is 0.310. The Morgan fingerprint density at radius 1 is 1.00 bits per heavy atom. The van der Waals surface area contributed by atoms with Gasteiger partial charge >= 0.3 is 0 Å². The molecular formula is C32H35FN6O. The van der Waals surface area contributed by atoms with Crippen LogP contribution in [0.4, 0.5) is 4.39 Å². The highest BCUT2D eigenvalue weighted by Crippen LogP contribution is 2.32. The number of hydrogen-bond acceptors (Lipinski definition) is 5. The first-order chi connectivity index (χ1) is 19.2. The number of nitrogens with zero attached hydrogens (tertiary/aromatic N) is 5. The Labute approximate surface area is 233 Å². The number of hydrogen-bond donors (Lipinski definition) is 1. The summed E-state index contributed by atoms with van der Waals surface area (Å²) < 4.78 is 15.6. The molecule has 2 heterocycles. The van der Waals surface area contributed by atoms with Crippen LogP contribution in [0.15, 0.2) is 83.7 Å². The maximum atomic E-state index is 13.8. The van der Waals surface area contributed by atoms with Crippen LogP contribution in [0.5, 0.6) is 0 Å². The van der Waals surface area contributed by atoms with Crippen LogP contribution in [0.25, 0.3) is 10.9 Å². The van der Waals surface area contributed by atoms with Crippen LogP contribution in [0.1, 0.15) is 61.3 Å². The smallest absolute Gasteiger partial charge is 0.253 e. The summed E-state index contributed by atoms with van der Waals surface area (Å²) in [5, 5.41) is 13.9. The first-order valence-electron chi connectivity index (χ1n) is 13.7. The van der Waals surface area contributed by atoms with Crippen molar-refractivity contribution >= 4 is 10.9 Å². The molecule has 0 aliphatic rings. The van der Waals surface area contributed by atoms with Crippen molar-refractivity contribution in [3.8, 4) is 0 Å². The number of tetrazole rings is 1. The quantitative estimate of drug-likeness (QED) is 0.238. The molecule has 0 fully saturated rings. The average molecular weight is 539 g/mol. The molecule has 0 saturated heterocycles. The summed E-state index contributed by atoms with van der Waals surface area (Å²) in [5.41, 5.74) is 3.98. The first-order valence-corrected chi connectivity index (χ1v) is 13.7. The first kappa shape index (κ1) is 27.4. The number of aryl methyl sites for hydroxylation is 1. The van der Waals surface area contributed by atoms with Crippen molar-refractivity contribution in [3.05, 3.63) is 123 Å². The third-order valence-electron chi connectivity index (χ3n) is 7.70. The number of aromatic nitrogens is 5. The number of rotatable bonds is 10. The van der Waals surface area contributed by atoms with Gasteiger partial charge in [0.25, 0.3) is 5.56 Å². The molecule has 1 unspecified atom stereocenters. The van der Waals surface area contributed by atoms with Crippen LogP contribution in [0.3, 0.4) is 0 Å². The highest BCUT2D eigenvalue weighted by atomic mass is 19.1. The molecule has 8 heteroatoms. The highest BCUT2D eigenvalue weighted by Gasteiger charge is 2.34. The second kappa shape index (κ2) is 11.5. The van der Waals surface area contributed by atoms with E-state index >= 15 is 0 Å². The zero-order chi connectivity index (χ0) is 28.3. The van der Waals surface area contributed by atoms with Crippen molar-refractivity contribution in [2.45, 2.75) is 58.7 Å². The summed E-state index contributed by atoms with van der Waals surface area (Å²) in [6, 6.07) is 24.2. The maximum absolute atomic E-state index is 13.8. The number of nitrogens with one attached hydrogen (secondary N) is 1. The van der Waals surface area contributed by atoms with E-state index in [-0.39, 0.29) is 16.9 Å². The second-order valence-corrected chi connectivity index (χ2v) is 11.0. The van der Waals surface area contributed by atoms with E-state index < -0.39 is 6.04 Å². The monoisotopic (exact) mass is 538 g/mol. The van der Waals surface area contributed by atoms with E-state index in [1.165, 1.54) is 17.7 Å². The van der Waals surface area contributed by atoms with Crippen LogP contribution >= 0.6 is 0 Å². The maximum Gasteiger partial charge on any atom is 0.253 e. The lowest BCUT2D eigenvalue weighted by atomic mass is 9.98. The molecule has 5 rings (SSSR count). The van der Waals surface area contributed by atoms with Gasteiger partial charge in [-0.3, -0.25) is 9.69 Å². The molecule has 0 saturated carbocycles. The molecule has 7 nitrogen and oxygen atoms in total. The molecule has 0 aliphatic heterocycles. The van der Waals surface area contributed by atoms with Gasteiger partial charge < -0.3 is 4.98 Å². The number of pyridine rings is 1. The molecule has 1 atom stereocenters. The van der Waals surface area contributed by atoms with E-state index in [2.05, 4.69) is 58.3 Å². The van der Waals surface area contributed by atoms with Crippen LogP contribution < -0.4 is 5.56 Å². The van der Waals surface area contributed by atoms with Gasteiger partial charge in [-0.25, -0.2) is 9.07 Å². The molecule has 0 radical (unpaired) electrons. The fourth-order valence-electron chi connectivity index (χ4n) is 5.02. The Balaban J connectivity index is 1.68. The van der Waals surface area contributed by atoms with Gasteiger partial charge in [0.1, 0.15) is 11.9 Å². The van der Waals surface area contributed by atoms with E-state index in [9.17, 15) is 9.18 Å². The lowest BCUT2D eigenvalue weighted by molar-refractivity contribution is 0.190. The van der Waals surface area contributed by atoms with Gasteiger partial charge in [-0.15, -0.1) is 5.10 Å². The van der Waals surface area contributed by atoms with Crippen molar-refractivity contribution in [1.29, 1.82) is 0 Å². The van der Waals surface area contributed by atoms with Crippen molar-refractivity contribution in [3.63, 3.8) is 0 Å². The minimum Gasteiger partial charge on any atom is -0.322 e. The second-order valence-electron chi connectivity index (χ2n) is 11.0. The largest absolute Gasteiger partial charge is 0.322 e. The van der Waals surface area contributed by atoms with Gasteiger partial charge in [0.05, 0.1) is 5.54 Å². The van der Waals surface area contributed by atoms with Crippen molar-refractivity contribution in [2.75, 3.05) is 6.54 Å². The Morgan fingerprint density at radius 2 is 1.75 bits per heavy atom. The number of fused-ring (bicyclic) bond motifs is 1. The third kappa shape index (κ3) is 5.87. The minimum atomic E-state index is -0.552. The van der Waals surface area contributed by atoms with E-state index in [1.807, 2.05) is 54.1 Å². The van der Waals surface area contributed by atoms with Crippen molar-refractivity contribution < 1.29 is 4.39 Å². The Kier molecular flexibility index (Phi) is 7.89. The van der Waals surface area contributed by atoms with Gasteiger partial charge in [0, 0.05) is 24.2 Å². The number of benzene rings is 3. The Bertz CT molecular complexity index is 1640. The standard InChI is InChI=1S/C32H35FN6O/c1-5-32(3,4)39-30(35-36-37-39)29(27-20-25-14-11-22(2)19-28(25)34-31(27)40)38(18-17-23-9-7-6-8-10-23)21-24-12-15-26(33)16-13-24/h6-16,19-20,29H,5,17-18,21H2,1-4H3,(H,34,40). The van der Waals surface area contributed by atoms with Crippen LogP contribution in [-0.2, 0) is 18.5 Å². The summed E-state index contributed by atoms with van der Waals surface area (Å²) in [7, 11) is 0. The predicted octanol–water partition coefficient (Wildman–Crippen LogP) is 5.94. The topological polar surface area (TPSA) is 79.7 Å². The molecule has 3 aromatic carbocycles. The van der Waals surface area contributed by atoms with Crippen LogP contribution in [0, 0.1) is 12.7 Å². The van der Waals surface area contributed by atoms with E-state index in [0.717, 1.165) is 34.9 Å². The van der Waals surface area contributed by atoms with Gasteiger partial charge in [0.15, 0.2) is 5.82 Å². The molecular weight excluding hydrogens is 503 g/mol. The molecule has 1 N–H and O–H groups in total.